The summed E-state index contributed by atoms with van der Waals surface area (Å²) >= 11 is 0. The first-order valence-corrected chi connectivity index (χ1v) is 6.42. The molecular formula is C7H15F3N4O3S. The Morgan fingerprint density at radius 1 is 1.28 bits per heavy atom. The number of nitrogens with one attached hydrogen (secondary N) is 2. The van der Waals surface area contributed by atoms with E-state index in [0.717, 1.165) is 0 Å². The van der Waals surface area contributed by atoms with Crippen molar-refractivity contribution in [2.75, 3.05) is 13.1 Å². The van der Waals surface area contributed by atoms with Gasteiger partial charge >= 0.3 is 6.18 Å². The average Bonchev–Trinajstić information content (AvgIpc) is 2.25. The van der Waals surface area contributed by atoms with Crippen molar-refractivity contribution in [1.29, 1.82) is 0 Å². The fraction of sp³-hybridized carbons (Fsp3) is 0.857. The molecule has 0 aromatic carbocycles. The van der Waals surface area contributed by atoms with E-state index >= 15 is 0 Å². The number of hydrogen-bond donors (Lipinski definition) is 4. The highest BCUT2D eigenvalue weighted by molar-refractivity contribution is 7.87. The first-order valence-electron chi connectivity index (χ1n) is 4.94. The van der Waals surface area contributed by atoms with Gasteiger partial charge in [-0.1, -0.05) is 5.16 Å². The molecule has 0 bridgehead atoms. The normalized spacial score (nSPS) is 13.8. The third kappa shape index (κ3) is 10.1. The Hall–Kier alpha value is -1.07. The van der Waals surface area contributed by atoms with E-state index in [1.807, 2.05) is 4.72 Å². The Balaban J connectivity index is 3.78. The maximum Gasteiger partial charge on any atom is 0.402 e. The molecule has 0 aromatic rings. The van der Waals surface area contributed by atoms with Gasteiger partial charge in [-0.25, -0.2) is 4.72 Å². The lowest BCUT2D eigenvalue weighted by molar-refractivity contribution is -0.121. The number of amidine groups is 1. The van der Waals surface area contributed by atoms with Gasteiger partial charge in [0.15, 0.2) is 0 Å². The molecule has 18 heavy (non-hydrogen) atoms. The molecule has 0 amide bonds. The van der Waals surface area contributed by atoms with Crippen LogP contribution in [0, 0.1) is 0 Å². The van der Waals surface area contributed by atoms with Crippen LogP contribution < -0.4 is 15.2 Å². The lowest BCUT2D eigenvalue weighted by Crippen LogP contribution is -2.41. The predicted molar refractivity (Wildman–Crippen MR) is 58.2 cm³/mol. The van der Waals surface area contributed by atoms with Gasteiger partial charge in [0.05, 0.1) is 0 Å². The summed E-state index contributed by atoms with van der Waals surface area (Å²) in [5.41, 5.74) is 5.16. The zero-order valence-electron chi connectivity index (χ0n) is 9.37. The lowest BCUT2D eigenvalue weighted by atomic mass is 10.2. The van der Waals surface area contributed by atoms with E-state index in [9.17, 15) is 21.6 Å². The number of rotatable bonds is 8. The quantitative estimate of drug-likeness (QED) is 0.164. The maximum absolute atomic E-state index is 11.8. The monoisotopic (exact) mass is 292 g/mol. The van der Waals surface area contributed by atoms with Gasteiger partial charge in [-0.2, -0.15) is 26.3 Å². The first kappa shape index (κ1) is 16.9. The fourth-order valence-corrected chi connectivity index (χ4v) is 1.78. The topological polar surface area (TPSA) is 117 Å². The smallest absolute Gasteiger partial charge is 0.402 e. The van der Waals surface area contributed by atoms with Crippen LogP contribution in [0.4, 0.5) is 13.2 Å². The molecule has 7 nitrogen and oxygen atoms in total. The number of nitrogens with zero attached hydrogens (tertiary/aromatic N) is 1. The van der Waals surface area contributed by atoms with Gasteiger partial charge in [-0.15, -0.1) is 0 Å². The van der Waals surface area contributed by atoms with Gasteiger partial charge in [0, 0.05) is 13.0 Å². The summed E-state index contributed by atoms with van der Waals surface area (Å²) in [6.45, 7) is -1.65. The Labute approximate surface area is 102 Å². The minimum absolute atomic E-state index is 0.00746. The summed E-state index contributed by atoms with van der Waals surface area (Å²) in [4.78, 5) is 0. The van der Waals surface area contributed by atoms with E-state index in [0.29, 0.717) is 12.8 Å². The largest absolute Gasteiger partial charge is 0.409 e. The third-order valence-electron chi connectivity index (χ3n) is 1.74. The van der Waals surface area contributed by atoms with Crippen LogP contribution in [0.15, 0.2) is 5.16 Å². The fourth-order valence-electron chi connectivity index (χ4n) is 0.916. The van der Waals surface area contributed by atoms with E-state index < -0.39 is 22.9 Å². The number of unbranched alkanes of at least 4 members (excludes halogenated alkanes) is 1. The number of oxime groups is 1. The second-order valence-corrected chi connectivity index (χ2v) is 4.97. The van der Waals surface area contributed by atoms with Crippen molar-refractivity contribution in [2.24, 2.45) is 10.9 Å². The molecule has 0 atom stereocenters. The molecule has 0 aromatic heterocycles. The number of nitrogens with two attached hydrogens (primary N) is 1. The Bertz CT molecular complexity index is 369. The van der Waals surface area contributed by atoms with Crippen molar-refractivity contribution in [3.05, 3.63) is 0 Å². The van der Waals surface area contributed by atoms with E-state index in [4.69, 9.17) is 10.9 Å². The highest BCUT2D eigenvalue weighted by Gasteiger charge is 2.29. The Morgan fingerprint density at radius 3 is 2.39 bits per heavy atom. The molecule has 0 unspecified atom stereocenters. The highest BCUT2D eigenvalue weighted by atomic mass is 32.2. The molecule has 11 heteroatoms. The number of alkyl halides is 3. The maximum atomic E-state index is 11.8. The zero-order valence-corrected chi connectivity index (χ0v) is 10.2. The third-order valence-corrected chi connectivity index (χ3v) is 2.85. The van der Waals surface area contributed by atoms with Crippen LogP contribution in [0.25, 0.3) is 0 Å². The molecule has 0 aliphatic rings. The van der Waals surface area contributed by atoms with Crippen molar-refractivity contribution < 1.29 is 26.8 Å². The minimum atomic E-state index is -4.60. The van der Waals surface area contributed by atoms with Crippen molar-refractivity contribution in [2.45, 2.75) is 25.4 Å². The summed E-state index contributed by atoms with van der Waals surface area (Å²) < 4.78 is 60.6. The van der Waals surface area contributed by atoms with Gasteiger partial charge in [-0.3, -0.25) is 0 Å². The standard InChI is InChI=1S/C7H15F3N4O3S/c8-7(9,10)5-13-18(16,17)12-4-2-1-3-6(11)14-15/h12-13,15H,1-5H2,(H2,11,14). The van der Waals surface area contributed by atoms with Crippen LogP contribution in [-0.2, 0) is 10.2 Å². The van der Waals surface area contributed by atoms with Gasteiger partial charge in [0.2, 0.25) is 0 Å². The molecule has 0 rings (SSSR count). The van der Waals surface area contributed by atoms with Gasteiger partial charge in [0.25, 0.3) is 10.2 Å². The van der Waals surface area contributed by atoms with Gasteiger partial charge in [0.1, 0.15) is 12.4 Å². The predicted octanol–water partition coefficient (Wildman–Crippen LogP) is -0.111. The van der Waals surface area contributed by atoms with Crippen LogP contribution in [0.1, 0.15) is 19.3 Å². The lowest BCUT2D eigenvalue weighted by Gasteiger charge is -2.10. The number of hydrogen-bond acceptors (Lipinski definition) is 4. The molecule has 0 aliphatic carbocycles. The Morgan fingerprint density at radius 2 is 1.89 bits per heavy atom. The molecular weight excluding hydrogens is 277 g/mol. The molecule has 0 saturated carbocycles. The Kier molecular flexibility index (Phi) is 6.94. The molecule has 0 saturated heterocycles. The van der Waals surface area contributed by atoms with E-state index in [-0.39, 0.29) is 18.8 Å². The minimum Gasteiger partial charge on any atom is -0.409 e. The summed E-state index contributed by atoms with van der Waals surface area (Å²) in [6, 6.07) is 0. The second-order valence-electron chi connectivity index (χ2n) is 3.38. The molecule has 0 heterocycles. The zero-order chi connectivity index (χ0) is 14.2. The van der Waals surface area contributed by atoms with E-state index in [1.165, 1.54) is 4.72 Å². The molecule has 0 fully saturated rings. The highest BCUT2D eigenvalue weighted by Crippen LogP contribution is 2.12. The van der Waals surface area contributed by atoms with Crippen LogP contribution in [0.5, 0.6) is 0 Å². The van der Waals surface area contributed by atoms with Crippen molar-refractivity contribution in [3.63, 3.8) is 0 Å². The summed E-state index contributed by atoms with van der Waals surface area (Å²) in [6.07, 6.45) is -3.53. The molecule has 0 aliphatic heterocycles. The van der Waals surface area contributed by atoms with Gasteiger partial charge < -0.3 is 10.9 Å². The SMILES string of the molecule is NC(CCCCNS(=O)(=O)NCC(F)(F)F)=NO. The second kappa shape index (κ2) is 7.38. The average molecular weight is 292 g/mol. The molecule has 5 N–H and O–H groups in total. The molecule has 108 valence electrons. The molecule has 0 spiro atoms. The van der Waals surface area contributed by atoms with Crippen LogP contribution in [-0.4, -0.2) is 38.7 Å². The van der Waals surface area contributed by atoms with Crippen molar-refractivity contribution in [3.8, 4) is 0 Å². The van der Waals surface area contributed by atoms with E-state index in [1.54, 1.807) is 0 Å². The first-order chi connectivity index (χ1) is 8.16. The summed E-state index contributed by atoms with van der Waals surface area (Å²) in [5, 5.41) is 10.9. The summed E-state index contributed by atoms with van der Waals surface area (Å²) in [7, 11) is -4.15. The van der Waals surface area contributed by atoms with Crippen LogP contribution >= 0.6 is 0 Å². The van der Waals surface area contributed by atoms with Crippen molar-refractivity contribution >= 4 is 16.0 Å². The van der Waals surface area contributed by atoms with E-state index in [2.05, 4.69) is 5.16 Å². The van der Waals surface area contributed by atoms with Gasteiger partial charge in [-0.05, 0) is 12.8 Å². The van der Waals surface area contributed by atoms with Crippen molar-refractivity contribution in [1.82, 2.24) is 9.44 Å². The summed E-state index contributed by atoms with van der Waals surface area (Å²) in [5.74, 6) is 0.00746. The molecule has 0 radical (unpaired) electrons. The van der Waals surface area contributed by atoms with Crippen LogP contribution in [0.3, 0.4) is 0 Å². The number of halogens is 3. The van der Waals surface area contributed by atoms with Crippen LogP contribution in [0.2, 0.25) is 0 Å².